The molecule has 0 aromatic carbocycles. The first kappa shape index (κ1) is 14.0. The molecule has 1 aliphatic carbocycles. The van der Waals surface area contributed by atoms with E-state index < -0.39 is 0 Å². The first-order chi connectivity index (χ1) is 8.06. The van der Waals surface area contributed by atoms with Gasteiger partial charge < -0.3 is 10.1 Å². The van der Waals surface area contributed by atoms with E-state index in [1.807, 2.05) is 0 Å². The number of carbonyl (C=O) groups is 3. The van der Waals surface area contributed by atoms with Gasteiger partial charge in [-0.15, -0.1) is 0 Å². The van der Waals surface area contributed by atoms with Crippen molar-refractivity contribution in [1.82, 2.24) is 5.32 Å². The van der Waals surface area contributed by atoms with Crippen molar-refractivity contribution in [2.24, 2.45) is 5.92 Å². The van der Waals surface area contributed by atoms with Crippen LogP contribution in [0.15, 0.2) is 0 Å². The molecular weight excluding hydrogens is 242 g/mol. The Morgan fingerprint density at radius 2 is 2.41 bits per heavy atom. The normalized spacial score (nSPS) is 25.4. The first-order valence-electron chi connectivity index (χ1n) is 5.60. The molecule has 1 saturated carbocycles. The monoisotopic (exact) mass is 259 g/mol. The highest BCUT2D eigenvalue weighted by molar-refractivity contribution is 7.81. The largest absolute Gasteiger partial charge is 0.464 e. The number of hydrogen-bond donors (Lipinski definition) is 2. The van der Waals surface area contributed by atoms with Gasteiger partial charge in [0.25, 0.3) is 6.47 Å². The average Bonchev–Trinajstić information content (AvgIpc) is 2.60. The molecule has 0 radical (unpaired) electrons. The third-order valence-corrected chi connectivity index (χ3v) is 3.49. The van der Waals surface area contributed by atoms with Crippen molar-refractivity contribution >= 4 is 30.8 Å². The van der Waals surface area contributed by atoms with E-state index in [9.17, 15) is 14.4 Å². The fourth-order valence-corrected chi connectivity index (χ4v) is 2.59. The number of ketones is 1. The van der Waals surface area contributed by atoms with Crippen LogP contribution in [0.4, 0.5) is 0 Å². The molecule has 0 bridgehead atoms. The minimum absolute atomic E-state index is 0.0830. The second-order valence-electron chi connectivity index (χ2n) is 4.14. The molecule has 5 nitrogen and oxygen atoms in total. The van der Waals surface area contributed by atoms with E-state index in [-0.39, 0.29) is 29.0 Å². The number of ether oxygens (including phenoxy) is 1. The van der Waals surface area contributed by atoms with Crippen LogP contribution in [0.1, 0.15) is 26.2 Å². The molecule has 6 heteroatoms. The molecule has 1 N–H and O–H groups in total. The summed E-state index contributed by atoms with van der Waals surface area (Å²) in [6, 6.07) is 0. The molecule has 1 amide bonds. The average molecular weight is 259 g/mol. The van der Waals surface area contributed by atoms with Gasteiger partial charge in [-0.05, 0) is 12.8 Å². The summed E-state index contributed by atoms with van der Waals surface area (Å²) >= 11 is 4.37. The quantitative estimate of drug-likeness (QED) is 0.532. The molecule has 0 aliphatic heterocycles. The van der Waals surface area contributed by atoms with E-state index in [4.69, 9.17) is 4.74 Å². The van der Waals surface area contributed by atoms with Gasteiger partial charge in [0.1, 0.15) is 11.9 Å². The summed E-state index contributed by atoms with van der Waals surface area (Å²) in [5, 5.41) is 2.46. The van der Waals surface area contributed by atoms with Crippen molar-refractivity contribution in [3.05, 3.63) is 0 Å². The number of amides is 1. The number of Topliss-reactive ketones (excluding diaryl/α,β-unsaturated/α-hetero) is 1. The molecule has 3 atom stereocenters. The van der Waals surface area contributed by atoms with Crippen LogP contribution in [0.25, 0.3) is 0 Å². The van der Waals surface area contributed by atoms with Crippen LogP contribution in [0.2, 0.25) is 0 Å². The van der Waals surface area contributed by atoms with E-state index in [1.54, 1.807) is 0 Å². The zero-order valence-corrected chi connectivity index (χ0v) is 10.6. The lowest BCUT2D eigenvalue weighted by atomic mass is 9.98. The molecule has 1 rings (SSSR count). The molecule has 0 saturated heterocycles. The molecule has 1 fully saturated rings. The van der Waals surface area contributed by atoms with Crippen molar-refractivity contribution in [3.63, 3.8) is 0 Å². The van der Waals surface area contributed by atoms with Gasteiger partial charge in [0.2, 0.25) is 5.91 Å². The molecule has 17 heavy (non-hydrogen) atoms. The first-order valence-corrected chi connectivity index (χ1v) is 6.12. The van der Waals surface area contributed by atoms with Gasteiger partial charge in [0.15, 0.2) is 0 Å². The molecular formula is C11H17NO4S. The standard InChI is InChI=1S/C11H17NO4S/c1-7(14)12-5-4-10(17)11-8(15)2-3-9(11)16-6-13/h6,9-11,17H,2-5H2,1H3,(H,12,14). The van der Waals surface area contributed by atoms with Crippen molar-refractivity contribution in [2.45, 2.75) is 37.5 Å². The second-order valence-corrected chi connectivity index (χ2v) is 4.80. The van der Waals surface area contributed by atoms with E-state index in [1.165, 1.54) is 6.92 Å². The molecule has 96 valence electrons. The highest BCUT2D eigenvalue weighted by atomic mass is 32.1. The fourth-order valence-electron chi connectivity index (χ4n) is 2.10. The van der Waals surface area contributed by atoms with Crippen LogP contribution >= 0.6 is 12.6 Å². The third-order valence-electron chi connectivity index (χ3n) is 2.91. The summed E-state index contributed by atoms with van der Waals surface area (Å²) in [5.41, 5.74) is 0. The van der Waals surface area contributed by atoms with Crippen LogP contribution in [0.5, 0.6) is 0 Å². The number of rotatable bonds is 6. The Morgan fingerprint density at radius 3 is 3.00 bits per heavy atom. The maximum Gasteiger partial charge on any atom is 0.293 e. The lowest BCUT2D eigenvalue weighted by Crippen LogP contribution is -2.33. The predicted molar refractivity (Wildman–Crippen MR) is 64.7 cm³/mol. The lowest BCUT2D eigenvalue weighted by Gasteiger charge is -2.22. The van der Waals surface area contributed by atoms with Gasteiger partial charge in [-0.3, -0.25) is 14.4 Å². The molecule has 0 spiro atoms. The topological polar surface area (TPSA) is 72.5 Å². The Hall–Kier alpha value is -1.04. The maximum absolute atomic E-state index is 11.7. The van der Waals surface area contributed by atoms with Gasteiger partial charge in [0, 0.05) is 25.1 Å². The zero-order valence-electron chi connectivity index (χ0n) is 9.72. The Bertz CT molecular complexity index is 308. The van der Waals surface area contributed by atoms with Crippen molar-refractivity contribution < 1.29 is 19.1 Å². The zero-order chi connectivity index (χ0) is 12.8. The molecule has 0 aromatic rings. The predicted octanol–water partition coefficient (Wildman–Crippen LogP) is 0.332. The highest BCUT2D eigenvalue weighted by Crippen LogP contribution is 2.31. The summed E-state index contributed by atoms with van der Waals surface area (Å²) < 4.78 is 4.90. The SMILES string of the molecule is CC(=O)NCCC(S)C1C(=O)CCC1OC=O. The van der Waals surface area contributed by atoms with E-state index in [0.717, 1.165) is 0 Å². The van der Waals surface area contributed by atoms with Gasteiger partial charge in [-0.1, -0.05) is 0 Å². The lowest BCUT2D eigenvalue weighted by molar-refractivity contribution is -0.136. The summed E-state index contributed by atoms with van der Waals surface area (Å²) in [6.45, 7) is 2.29. The molecule has 1 aliphatic rings. The smallest absolute Gasteiger partial charge is 0.293 e. The van der Waals surface area contributed by atoms with Crippen LogP contribution in [-0.2, 0) is 19.1 Å². The van der Waals surface area contributed by atoms with Crippen molar-refractivity contribution in [1.29, 1.82) is 0 Å². The van der Waals surface area contributed by atoms with Gasteiger partial charge >= 0.3 is 0 Å². The Morgan fingerprint density at radius 1 is 1.71 bits per heavy atom. The van der Waals surface area contributed by atoms with Crippen LogP contribution < -0.4 is 5.32 Å². The number of carbonyl (C=O) groups excluding carboxylic acids is 3. The van der Waals surface area contributed by atoms with Gasteiger partial charge in [-0.2, -0.15) is 12.6 Å². The molecule has 0 heterocycles. The van der Waals surface area contributed by atoms with Gasteiger partial charge in [-0.25, -0.2) is 0 Å². The summed E-state index contributed by atoms with van der Waals surface area (Å²) in [6.07, 6.45) is 1.22. The Kier molecular flexibility index (Phi) is 5.47. The summed E-state index contributed by atoms with van der Waals surface area (Å²) in [5.74, 6) is -0.374. The number of hydrogen-bond acceptors (Lipinski definition) is 5. The number of nitrogens with one attached hydrogen (secondary N) is 1. The second kappa shape index (κ2) is 6.64. The Balaban J connectivity index is 2.46. The van der Waals surface area contributed by atoms with Gasteiger partial charge in [0.05, 0.1) is 5.92 Å². The van der Waals surface area contributed by atoms with E-state index in [2.05, 4.69) is 17.9 Å². The van der Waals surface area contributed by atoms with Crippen LogP contribution in [0.3, 0.4) is 0 Å². The minimum Gasteiger partial charge on any atom is -0.464 e. The van der Waals surface area contributed by atoms with E-state index >= 15 is 0 Å². The summed E-state index contributed by atoms with van der Waals surface area (Å²) in [7, 11) is 0. The summed E-state index contributed by atoms with van der Waals surface area (Å²) in [4.78, 5) is 32.7. The third kappa shape index (κ3) is 4.03. The molecule has 0 aromatic heterocycles. The van der Waals surface area contributed by atoms with Crippen molar-refractivity contribution in [2.75, 3.05) is 6.54 Å². The molecule has 3 unspecified atom stereocenters. The maximum atomic E-state index is 11.7. The van der Waals surface area contributed by atoms with Crippen molar-refractivity contribution in [3.8, 4) is 0 Å². The Labute approximate surface area is 106 Å². The van der Waals surface area contributed by atoms with E-state index in [0.29, 0.717) is 32.3 Å². The fraction of sp³-hybridized carbons (Fsp3) is 0.727. The van der Waals surface area contributed by atoms with Crippen LogP contribution in [0, 0.1) is 5.92 Å². The number of thiol groups is 1. The minimum atomic E-state index is -0.361. The van der Waals surface area contributed by atoms with Crippen LogP contribution in [-0.4, -0.2) is 36.1 Å². The highest BCUT2D eigenvalue weighted by Gasteiger charge is 2.39.